The lowest BCUT2D eigenvalue weighted by atomic mass is 10.3. The Morgan fingerprint density at radius 3 is 2.22 bits per heavy atom. The number of carbonyl (C=O) groups excluding carboxylic acids is 1. The van der Waals surface area contributed by atoms with Gasteiger partial charge in [-0.05, 0) is 41.0 Å². The summed E-state index contributed by atoms with van der Waals surface area (Å²) in [6.07, 6.45) is 0. The summed E-state index contributed by atoms with van der Waals surface area (Å²) >= 11 is 0. The van der Waals surface area contributed by atoms with Gasteiger partial charge in [-0.1, -0.05) is 30.8 Å². The average Bonchev–Trinajstić information content (AvgIpc) is 2.62. The third kappa shape index (κ3) is 7.84. The highest BCUT2D eigenvalue weighted by molar-refractivity contribution is 7.94. The summed E-state index contributed by atoms with van der Waals surface area (Å²) in [4.78, 5) is 11.0. The Bertz CT molecular complexity index is 1040. The van der Waals surface area contributed by atoms with Gasteiger partial charge in [0.25, 0.3) is 15.9 Å². The maximum absolute atomic E-state index is 11.5. The van der Waals surface area contributed by atoms with Crippen molar-refractivity contribution in [1.82, 2.24) is 0 Å². The fourth-order valence-electron chi connectivity index (χ4n) is 1.65. The van der Waals surface area contributed by atoms with Gasteiger partial charge in [0.2, 0.25) is 0 Å². The fraction of sp³-hybridized carbons (Fsp3) is 0.118. The van der Waals surface area contributed by atoms with E-state index < -0.39 is 26.4 Å². The first-order chi connectivity index (χ1) is 12.7. The van der Waals surface area contributed by atoms with E-state index in [4.69, 9.17) is 4.74 Å². The van der Waals surface area contributed by atoms with Crippen LogP contribution in [0, 0.1) is 0 Å². The van der Waals surface area contributed by atoms with Gasteiger partial charge in [-0.25, -0.2) is 0 Å². The molecule has 0 bridgehead atoms. The van der Waals surface area contributed by atoms with E-state index in [0.29, 0.717) is 0 Å². The molecule has 144 valence electrons. The maximum atomic E-state index is 11.5. The second-order valence-corrected chi connectivity index (χ2v) is 7.50. The zero-order valence-electron chi connectivity index (χ0n) is 14.6. The van der Waals surface area contributed by atoms with Crippen molar-refractivity contribution in [2.75, 3.05) is 12.4 Å². The molecule has 0 spiro atoms. The molecular formula is C17H18N2O6S2. The summed E-state index contributed by atoms with van der Waals surface area (Å²) in [5, 5.41) is 2.41. The van der Waals surface area contributed by atoms with Gasteiger partial charge >= 0.3 is 10.5 Å². The molecular weight excluding hydrogens is 392 g/mol. The van der Waals surface area contributed by atoms with Crippen LogP contribution < -0.4 is 10.1 Å². The van der Waals surface area contributed by atoms with Gasteiger partial charge in [-0.2, -0.15) is 16.8 Å². The molecule has 10 heteroatoms. The second-order valence-electron chi connectivity index (χ2n) is 5.05. The number of anilines is 1. The normalized spacial score (nSPS) is 10.0. The van der Waals surface area contributed by atoms with Crippen LogP contribution in [0.15, 0.2) is 75.4 Å². The molecule has 0 aliphatic heterocycles. The van der Waals surface area contributed by atoms with Gasteiger partial charge in [-0.15, -0.1) is 0 Å². The zero-order valence-corrected chi connectivity index (χ0v) is 16.2. The van der Waals surface area contributed by atoms with Crippen molar-refractivity contribution in [3.8, 4) is 5.75 Å². The van der Waals surface area contributed by atoms with Crippen LogP contribution in [0.5, 0.6) is 5.75 Å². The molecule has 8 nitrogen and oxygen atoms in total. The summed E-state index contributed by atoms with van der Waals surface area (Å²) in [6.45, 7) is 4.92. The SMILES string of the molecule is C=C(C)C(=O)Nc1cccc(S(=O)(=O)N=S(=O)=O)c1.COc1ccccc1. The highest BCUT2D eigenvalue weighted by Crippen LogP contribution is 2.17. The van der Waals surface area contributed by atoms with Crippen molar-refractivity contribution in [2.45, 2.75) is 11.8 Å². The van der Waals surface area contributed by atoms with Crippen molar-refractivity contribution < 1.29 is 26.4 Å². The number of nitrogens with one attached hydrogen (secondary N) is 1. The van der Waals surface area contributed by atoms with Crippen LogP contribution in [0.2, 0.25) is 0 Å². The van der Waals surface area contributed by atoms with Gasteiger partial charge in [0.05, 0.1) is 12.0 Å². The first-order valence-electron chi connectivity index (χ1n) is 7.39. The largest absolute Gasteiger partial charge is 0.497 e. The minimum Gasteiger partial charge on any atom is -0.497 e. The van der Waals surface area contributed by atoms with E-state index in [1.54, 1.807) is 7.11 Å². The van der Waals surface area contributed by atoms with Crippen LogP contribution in [0.1, 0.15) is 6.92 Å². The Hall–Kier alpha value is -2.98. The number of nitrogens with zero attached hydrogens (tertiary/aromatic N) is 1. The number of hydrogen-bond donors (Lipinski definition) is 1. The summed E-state index contributed by atoms with van der Waals surface area (Å²) in [5.74, 6) is 0.436. The monoisotopic (exact) mass is 410 g/mol. The van der Waals surface area contributed by atoms with E-state index in [9.17, 15) is 21.6 Å². The lowest BCUT2D eigenvalue weighted by molar-refractivity contribution is -0.112. The van der Waals surface area contributed by atoms with Crippen LogP contribution in [-0.2, 0) is 25.3 Å². The molecule has 2 aromatic carbocycles. The molecule has 2 rings (SSSR count). The molecule has 0 unspecified atom stereocenters. The van der Waals surface area contributed by atoms with Crippen LogP contribution in [0.3, 0.4) is 0 Å². The second kappa shape index (κ2) is 10.2. The predicted octanol–water partition coefficient (Wildman–Crippen LogP) is 2.65. The summed E-state index contributed by atoms with van der Waals surface area (Å²) in [5.41, 5.74) is 0.444. The molecule has 1 amide bonds. The first kappa shape index (κ1) is 22.1. The molecule has 0 radical (unpaired) electrons. The number of rotatable bonds is 5. The van der Waals surface area contributed by atoms with Crippen LogP contribution in [-0.4, -0.2) is 29.9 Å². The van der Waals surface area contributed by atoms with Gasteiger partial charge in [-0.3, -0.25) is 4.79 Å². The van der Waals surface area contributed by atoms with Crippen molar-refractivity contribution >= 4 is 32.1 Å². The van der Waals surface area contributed by atoms with Crippen molar-refractivity contribution in [3.63, 3.8) is 0 Å². The van der Waals surface area contributed by atoms with E-state index in [1.807, 2.05) is 30.3 Å². The van der Waals surface area contributed by atoms with E-state index in [2.05, 4.69) is 15.7 Å². The maximum Gasteiger partial charge on any atom is 0.327 e. The zero-order chi connectivity index (χ0) is 20.4. The number of ether oxygens (including phenoxy) is 1. The number of carbonyl (C=O) groups is 1. The third-order valence-electron chi connectivity index (χ3n) is 2.92. The van der Waals surface area contributed by atoms with Crippen molar-refractivity contribution in [2.24, 2.45) is 3.77 Å². The molecule has 27 heavy (non-hydrogen) atoms. The lowest BCUT2D eigenvalue weighted by Gasteiger charge is -2.05. The molecule has 0 saturated heterocycles. The number of hydrogen-bond acceptors (Lipinski definition) is 6. The van der Waals surface area contributed by atoms with Crippen LogP contribution in [0.25, 0.3) is 0 Å². The number of methoxy groups -OCH3 is 1. The quantitative estimate of drug-likeness (QED) is 0.757. The first-order valence-corrected chi connectivity index (χ1v) is 9.86. The van der Waals surface area contributed by atoms with E-state index in [-0.39, 0.29) is 16.2 Å². The highest BCUT2D eigenvalue weighted by Gasteiger charge is 2.14. The van der Waals surface area contributed by atoms with Crippen molar-refractivity contribution in [3.05, 3.63) is 66.7 Å². The Kier molecular flexibility index (Phi) is 8.36. The fourth-order valence-corrected chi connectivity index (χ4v) is 3.16. The Morgan fingerprint density at radius 2 is 1.74 bits per heavy atom. The Balaban J connectivity index is 0.000000377. The molecule has 0 atom stereocenters. The smallest absolute Gasteiger partial charge is 0.327 e. The molecule has 2 aromatic rings. The third-order valence-corrected chi connectivity index (χ3v) is 5.04. The minimum atomic E-state index is -4.30. The van der Waals surface area contributed by atoms with E-state index >= 15 is 0 Å². The number of benzene rings is 2. The predicted molar refractivity (Wildman–Crippen MR) is 101 cm³/mol. The summed E-state index contributed by atoms with van der Waals surface area (Å²) < 4.78 is 51.2. The molecule has 0 saturated carbocycles. The minimum absolute atomic E-state index is 0.195. The highest BCUT2D eigenvalue weighted by atomic mass is 32.2. The van der Waals surface area contributed by atoms with E-state index in [0.717, 1.165) is 11.8 Å². The molecule has 0 heterocycles. The van der Waals surface area contributed by atoms with Gasteiger partial charge in [0.15, 0.2) is 0 Å². The van der Waals surface area contributed by atoms with E-state index in [1.165, 1.54) is 25.1 Å². The summed E-state index contributed by atoms with van der Waals surface area (Å²) in [7, 11) is -5.71. The van der Waals surface area contributed by atoms with Crippen molar-refractivity contribution in [1.29, 1.82) is 0 Å². The average molecular weight is 410 g/mol. The molecule has 0 aromatic heterocycles. The van der Waals surface area contributed by atoms with Gasteiger partial charge < -0.3 is 10.1 Å². The molecule has 1 N–H and O–H groups in total. The molecule has 0 aliphatic rings. The number of sulfonamides is 1. The molecule has 0 aliphatic carbocycles. The van der Waals surface area contributed by atoms with Gasteiger partial charge in [0.1, 0.15) is 5.75 Å². The molecule has 0 fully saturated rings. The van der Waals surface area contributed by atoms with Crippen LogP contribution in [0.4, 0.5) is 5.69 Å². The number of amides is 1. The Labute approximate surface area is 159 Å². The summed E-state index contributed by atoms with van der Waals surface area (Å²) in [6, 6.07) is 14.8. The number of para-hydroxylation sites is 1. The van der Waals surface area contributed by atoms with Gasteiger partial charge in [0, 0.05) is 11.3 Å². The lowest BCUT2D eigenvalue weighted by Crippen LogP contribution is -2.12. The standard InChI is InChI=1S/C10H10N2O5S2.C7H8O/c1-7(2)10(13)11-8-4-3-5-9(6-8)19(16,17)12-18(14)15;1-8-7-5-3-2-4-6-7/h3-6H,1H2,2H3,(H,11,13);2-6H,1H3. The topological polar surface area (TPSA) is 119 Å². The Morgan fingerprint density at radius 1 is 1.11 bits per heavy atom. The van der Waals surface area contributed by atoms with Crippen LogP contribution >= 0.6 is 0 Å².